The fourth-order valence-corrected chi connectivity index (χ4v) is 1.86. The lowest BCUT2D eigenvalue weighted by atomic mass is 10.2. The highest BCUT2D eigenvalue weighted by Crippen LogP contribution is 2.18. The summed E-state index contributed by atoms with van der Waals surface area (Å²) < 4.78 is 11.0. The Labute approximate surface area is 105 Å². The third-order valence-corrected chi connectivity index (χ3v) is 2.75. The minimum atomic E-state index is 0.232. The molecule has 0 N–H and O–H groups in total. The van der Waals surface area contributed by atoms with Gasteiger partial charge in [0.2, 0.25) is 11.8 Å². The normalized spacial score (nSPS) is 19.4. The Kier molecular flexibility index (Phi) is 2.63. The molecule has 0 saturated heterocycles. The van der Waals surface area contributed by atoms with Crippen LogP contribution in [0.25, 0.3) is 17.2 Å². The lowest BCUT2D eigenvalue weighted by Gasteiger charge is -1.92. The molecule has 1 unspecified atom stereocenters. The molecule has 2 heterocycles. The lowest BCUT2D eigenvalue weighted by molar-refractivity contribution is 0.325. The average Bonchev–Trinajstić information content (AvgIpc) is 2.92. The summed E-state index contributed by atoms with van der Waals surface area (Å²) in [6.45, 7) is 4.70. The number of benzene rings is 1. The van der Waals surface area contributed by atoms with Crippen LogP contribution in [0.4, 0.5) is 0 Å². The van der Waals surface area contributed by atoms with E-state index < -0.39 is 0 Å². The van der Waals surface area contributed by atoms with E-state index in [-0.39, 0.29) is 6.04 Å². The maximum Gasteiger partial charge on any atom is 0.220 e. The molecule has 92 valence electrons. The second-order valence-corrected chi connectivity index (χ2v) is 4.48. The zero-order valence-electron chi connectivity index (χ0n) is 10.4. The maximum absolute atomic E-state index is 5.60. The summed E-state index contributed by atoms with van der Waals surface area (Å²) in [5, 5.41) is 0. The second kappa shape index (κ2) is 4.29. The highest BCUT2D eigenvalue weighted by atomic mass is 16.5. The third-order valence-electron chi connectivity index (χ3n) is 2.75. The topological polar surface area (TPSA) is 47.6 Å². The average molecular weight is 242 g/mol. The van der Waals surface area contributed by atoms with E-state index in [0.717, 1.165) is 11.1 Å². The van der Waals surface area contributed by atoms with E-state index in [1.807, 2.05) is 32.0 Å². The highest BCUT2D eigenvalue weighted by Gasteiger charge is 2.11. The molecule has 4 heteroatoms. The van der Waals surface area contributed by atoms with Crippen molar-refractivity contribution in [3.63, 3.8) is 0 Å². The summed E-state index contributed by atoms with van der Waals surface area (Å²) >= 11 is 0. The fraction of sp³-hybridized carbons (Fsp3) is 0.286. The smallest absolute Gasteiger partial charge is 0.220 e. The molecule has 2 aromatic rings. The van der Waals surface area contributed by atoms with E-state index >= 15 is 0 Å². The Bertz CT molecular complexity index is 640. The molecule has 0 bridgehead atoms. The van der Waals surface area contributed by atoms with Crippen molar-refractivity contribution >= 4 is 23.1 Å². The van der Waals surface area contributed by atoms with Crippen LogP contribution < -0.4 is 0 Å². The molecule has 1 aliphatic rings. The predicted molar refractivity (Wildman–Crippen MR) is 70.6 cm³/mol. The number of aryl methyl sites for hydroxylation is 1. The van der Waals surface area contributed by atoms with Gasteiger partial charge in [-0.05, 0) is 31.5 Å². The highest BCUT2D eigenvalue weighted by molar-refractivity contribution is 5.92. The Balaban J connectivity index is 1.86. The van der Waals surface area contributed by atoms with Gasteiger partial charge in [0, 0.05) is 12.2 Å². The lowest BCUT2D eigenvalue weighted by Crippen LogP contribution is -1.98. The molecule has 0 fully saturated rings. The van der Waals surface area contributed by atoms with Crippen LogP contribution in [0, 0.1) is 6.92 Å². The molecule has 1 atom stereocenters. The van der Waals surface area contributed by atoms with Gasteiger partial charge in [0.15, 0.2) is 5.58 Å². The number of oxazole rings is 1. The zero-order valence-corrected chi connectivity index (χ0v) is 10.4. The minimum Gasteiger partial charge on any atom is -0.476 e. The van der Waals surface area contributed by atoms with Crippen LogP contribution >= 0.6 is 0 Å². The molecule has 0 spiro atoms. The van der Waals surface area contributed by atoms with Gasteiger partial charge in [-0.1, -0.05) is 6.07 Å². The molecule has 1 aromatic heterocycles. The van der Waals surface area contributed by atoms with Gasteiger partial charge in [0.25, 0.3) is 0 Å². The molecule has 3 rings (SSSR count). The summed E-state index contributed by atoms with van der Waals surface area (Å²) in [5.74, 6) is 1.21. The minimum absolute atomic E-state index is 0.232. The summed E-state index contributed by atoms with van der Waals surface area (Å²) in [4.78, 5) is 8.70. The van der Waals surface area contributed by atoms with Crippen molar-refractivity contribution < 1.29 is 9.15 Å². The van der Waals surface area contributed by atoms with Gasteiger partial charge >= 0.3 is 0 Å². The van der Waals surface area contributed by atoms with Gasteiger partial charge in [-0.2, -0.15) is 0 Å². The number of ether oxygens (including phenoxy) is 1. The summed E-state index contributed by atoms with van der Waals surface area (Å²) in [6, 6.07) is 6.17. The second-order valence-electron chi connectivity index (χ2n) is 4.48. The first-order valence-corrected chi connectivity index (χ1v) is 5.96. The van der Waals surface area contributed by atoms with Crippen LogP contribution in [0.1, 0.15) is 18.4 Å². The first-order valence-electron chi connectivity index (χ1n) is 5.96. The van der Waals surface area contributed by atoms with Gasteiger partial charge in [-0.3, -0.25) is 0 Å². The SMILES string of the molecule is Cc1ccc2oc(/C=C/C3=NC(C)CO3)nc2c1. The summed E-state index contributed by atoms with van der Waals surface area (Å²) in [5.41, 5.74) is 2.84. The van der Waals surface area contributed by atoms with E-state index in [1.165, 1.54) is 5.56 Å². The van der Waals surface area contributed by atoms with Crippen molar-refractivity contribution in [3.05, 3.63) is 35.7 Å². The summed E-state index contributed by atoms with van der Waals surface area (Å²) in [7, 11) is 0. The number of aromatic nitrogens is 1. The fourth-order valence-electron chi connectivity index (χ4n) is 1.86. The Hall–Kier alpha value is -2.10. The van der Waals surface area contributed by atoms with Crippen molar-refractivity contribution in [2.24, 2.45) is 4.99 Å². The van der Waals surface area contributed by atoms with Crippen LogP contribution in [0.2, 0.25) is 0 Å². The molecule has 0 amide bonds. The molecular formula is C14H14N2O2. The quantitative estimate of drug-likeness (QED) is 0.813. The van der Waals surface area contributed by atoms with E-state index in [4.69, 9.17) is 9.15 Å². The standard InChI is InChI=1S/C14H14N2O2/c1-9-3-4-12-11(7-9)16-14(18-12)6-5-13-15-10(2)8-17-13/h3-7,10H,8H2,1-2H3/b6-5+. The third kappa shape index (κ3) is 2.14. The largest absolute Gasteiger partial charge is 0.476 e. The molecule has 1 aromatic carbocycles. The van der Waals surface area contributed by atoms with Crippen LogP contribution in [-0.4, -0.2) is 23.5 Å². The molecule has 18 heavy (non-hydrogen) atoms. The van der Waals surface area contributed by atoms with Gasteiger partial charge in [0.05, 0.1) is 6.04 Å². The number of hydrogen-bond donors (Lipinski definition) is 0. The maximum atomic E-state index is 5.60. The van der Waals surface area contributed by atoms with Gasteiger partial charge in [-0.25, -0.2) is 9.98 Å². The molecule has 4 nitrogen and oxygen atoms in total. The van der Waals surface area contributed by atoms with Crippen LogP contribution in [0.5, 0.6) is 0 Å². The molecule has 0 radical (unpaired) electrons. The van der Waals surface area contributed by atoms with Crippen molar-refractivity contribution in [2.75, 3.05) is 6.61 Å². The van der Waals surface area contributed by atoms with E-state index in [2.05, 4.69) is 9.98 Å². The van der Waals surface area contributed by atoms with Crippen molar-refractivity contribution in [1.29, 1.82) is 0 Å². The van der Waals surface area contributed by atoms with Gasteiger partial charge in [0.1, 0.15) is 12.1 Å². The van der Waals surface area contributed by atoms with Gasteiger partial charge in [-0.15, -0.1) is 0 Å². The van der Waals surface area contributed by atoms with E-state index in [9.17, 15) is 0 Å². The van der Waals surface area contributed by atoms with Crippen LogP contribution in [0.15, 0.2) is 33.7 Å². The predicted octanol–water partition coefficient (Wildman–Crippen LogP) is 2.97. The monoisotopic (exact) mass is 242 g/mol. The van der Waals surface area contributed by atoms with Crippen LogP contribution in [0.3, 0.4) is 0 Å². The molecule has 0 aliphatic carbocycles. The van der Waals surface area contributed by atoms with E-state index in [0.29, 0.717) is 18.4 Å². The molecular weight excluding hydrogens is 228 g/mol. The van der Waals surface area contributed by atoms with Crippen molar-refractivity contribution in [1.82, 2.24) is 4.98 Å². The number of rotatable bonds is 2. The number of nitrogens with zero attached hydrogens (tertiary/aromatic N) is 2. The van der Waals surface area contributed by atoms with Gasteiger partial charge < -0.3 is 9.15 Å². The Morgan fingerprint density at radius 2 is 2.22 bits per heavy atom. The van der Waals surface area contributed by atoms with Crippen LogP contribution in [-0.2, 0) is 4.74 Å². The first-order chi connectivity index (χ1) is 8.70. The summed E-state index contributed by atoms with van der Waals surface area (Å²) in [6.07, 6.45) is 3.58. The molecule has 0 saturated carbocycles. The van der Waals surface area contributed by atoms with Crippen molar-refractivity contribution in [2.45, 2.75) is 19.9 Å². The first kappa shape index (κ1) is 11.0. The number of aliphatic imine (C=N–C) groups is 1. The molecule has 1 aliphatic heterocycles. The van der Waals surface area contributed by atoms with E-state index in [1.54, 1.807) is 12.2 Å². The van der Waals surface area contributed by atoms with Crippen molar-refractivity contribution in [3.8, 4) is 0 Å². The Morgan fingerprint density at radius 3 is 3.00 bits per heavy atom. The number of hydrogen-bond acceptors (Lipinski definition) is 4. The zero-order chi connectivity index (χ0) is 12.5. The number of fused-ring (bicyclic) bond motifs is 1. The Morgan fingerprint density at radius 1 is 1.33 bits per heavy atom.